The first-order chi connectivity index (χ1) is 11.2. The van der Waals surface area contributed by atoms with Crippen LogP contribution < -0.4 is 10.6 Å². The molecule has 23 heavy (non-hydrogen) atoms. The zero-order chi connectivity index (χ0) is 16.1. The highest BCUT2D eigenvalue weighted by Gasteiger charge is 2.04. The van der Waals surface area contributed by atoms with E-state index >= 15 is 0 Å². The molecule has 0 saturated heterocycles. The molecule has 0 atom stereocenters. The molecule has 0 bridgehead atoms. The molecular weight excluding hydrogens is 361 g/mol. The maximum Gasteiger partial charge on any atom is 0.244 e. The third kappa shape index (κ3) is 4.23. The molecule has 3 rings (SSSR count). The fourth-order valence-electron chi connectivity index (χ4n) is 1.94. The minimum absolute atomic E-state index is 0.267. The fraction of sp³-hybridized carbons (Fsp3) is 0.0625. The molecule has 3 aromatic rings. The smallest absolute Gasteiger partial charge is 0.244 e. The summed E-state index contributed by atoms with van der Waals surface area (Å²) in [5.74, 6) is 0.617. The standard InChI is InChI=1S/C16H13BrFN5/c17-12-5-7-13(8-6-12)21-15-10-20-23-16(22-15)19-9-11-3-1-2-4-14(11)18/h1-8,10H,9H2,(H2,19,21,22,23). The van der Waals surface area contributed by atoms with Crippen molar-refractivity contribution in [1.82, 2.24) is 15.2 Å². The van der Waals surface area contributed by atoms with Crippen molar-refractivity contribution in [2.45, 2.75) is 6.54 Å². The van der Waals surface area contributed by atoms with Crippen molar-refractivity contribution < 1.29 is 4.39 Å². The minimum atomic E-state index is -0.267. The second-order valence-electron chi connectivity index (χ2n) is 4.74. The summed E-state index contributed by atoms with van der Waals surface area (Å²) in [5, 5.41) is 13.9. The first-order valence-electron chi connectivity index (χ1n) is 6.90. The molecular formula is C16H13BrFN5. The molecule has 1 heterocycles. The van der Waals surface area contributed by atoms with Gasteiger partial charge in [0.15, 0.2) is 5.82 Å². The van der Waals surface area contributed by atoms with E-state index < -0.39 is 0 Å². The number of hydrogen-bond acceptors (Lipinski definition) is 5. The van der Waals surface area contributed by atoms with Crippen LogP contribution in [-0.4, -0.2) is 15.2 Å². The monoisotopic (exact) mass is 373 g/mol. The van der Waals surface area contributed by atoms with Crippen molar-refractivity contribution in [2.24, 2.45) is 0 Å². The lowest BCUT2D eigenvalue weighted by molar-refractivity contribution is 0.612. The summed E-state index contributed by atoms with van der Waals surface area (Å²) in [6, 6.07) is 14.2. The number of rotatable bonds is 5. The molecule has 0 spiro atoms. The predicted molar refractivity (Wildman–Crippen MR) is 91.0 cm³/mol. The van der Waals surface area contributed by atoms with Crippen molar-refractivity contribution in [1.29, 1.82) is 0 Å². The van der Waals surface area contributed by atoms with Gasteiger partial charge in [0.25, 0.3) is 0 Å². The Bertz CT molecular complexity index is 794. The predicted octanol–water partition coefficient (Wildman–Crippen LogP) is 4.13. The Kier molecular flexibility index (Phi) is 4.77. The maximum atomic E-state index is 13.6. The van der Waals surface area contributed by atoms with Gasteiger partial charge in [0.2, 0.25) is 5.95 Å². The van der Waals surface area contributed by atoms with Crippen LogP contribution in [0.25, 0.3) is 0 Å². The number of nitrogens with zero attached hydrogens (tertiary/aromatic N) is 3. The molecule has 1 aromatic heterocycles. The number of aromatic nitrogens is 3. The van der Waals surface area contributed by atoms with Crippen molar-refractivity contribution in [3.8, 4) is 0 Å². The van der Waals surface area contributed by atoms with E-state index in [2.05, 4.69) is 41.7 Å². The lowest BCUT2D eigenvalue weighted by Crippen LogP contribution is -2.07. The summed E-state index contributed by atoms with van der Waals surface area (Å²) in [6.45, 7) is 0.288. The number of benzene rings is 2. The maximum absolute atomic E-state index is 13.6. The van der Waals surface area contributed by atoms with Gasteiger partial charge in [-0.25, -0.2) is 4.39 Å². The first kappa shape index (κ1) is 15.4. The van der Waals surface area contributed by atoms with Crippen LogP contribution in [0.2, 0.25) is 0 Å². The van der Waals surface area contributed by atoms with Crippen LogP contribution in [-0.2, 0) is 6.54 Å². The van der Waals surface area contributed by atoms with E-state index in [1.807, 2.05) is 24.3 Å². The third-order valence-electron chi connectivity index (χ3n) is 3.07. The topological polar surface area (TPSA) is 62.7 Å². The highest BCUT2D eigenvalue weighted by molar-refractivity contribution is 9.10. The lowest BCUT2D eigenvalue weighted by atomic mass is 10.2. The van der Waals surface area contributed by atoms with E-state index in [0.717, 1.165) is 10.2 Å². The van der Waals surface area contributed by atoms with E-state index in [1.165, 1.54) is 12.3 Å². The summed E-state index contributed by atoms with van der Waals surface area (Å²) >= 11 is 3.38. The molecule has 5 nitrogen and oxygen atoms in total. The van der Waals surface area contributed by atoms with Gasteiger partial charge in [-0.3, -0.25) is 0 Å². The minimum Gasteiger partial charge on any atom is -0.349 e. The summed E-state index contributed by atoms with van der Waals surface area (Å²) in [7, 11) is 0. The van der Waals surface area contributed by atoms with E-state index in [1.54, 1.807) is 18.2 Å². The van der Waals surface area contributed by atoms with Gasteiger partial charge in [0, 0.05) is 22.3 Å². The molecule has 7 heteroatoms. The number of anilines is 3. The van der Waals surface area contributed by atoms with Gasteiger partial charge in [0.1, 0.15) is 5.82 Å². The first-order valence-corrected chi connectivity index (χ1v) is 7.69. The van der Waals surface area contributed by atoms with Crippen LogP contribution in [0.5, 0.6) is 0 Å². The fourth-order valence-corrected chi connectivity index (χ4v) is 2.20. The molecule has 0 unspecified atom stereocenters. The average Bonchev–Trinajstić information content (AvgIpc) is 2.57. The number of hydrogen-bond donors (Lipinski definition) is 2. The second kappa shape index (κ2) is 7.15. The van der Waals surface area contributed by atoms with E-state index in [-0.39, 0.29) is 12.4 Å². The number of nitrogens with one attached hydrogen (secondary N) is 2. The SMILES string of the molecule is Fc1ccccc1CNc1nncc(Nc2ccc(Br)cc2)n1. The molecule has 116 valence electrons. The molecule has 2 aromatic carbocycles. The zero-order valence-corrected chi connectivity index (χ0v) is 13.6. The van der Waals surface area contributed by atoms with Crippen molar-refractivity contribution in [3.05, 3.63) is 70.6 Å². The normalized spacial score (nSPS) is 10.3. The molecule has 0 saturated carbocycles. The van der Waals surface area contributed by atoms with Crippen molar-refractivity contribution >= 4 is 33.4 Å². The highest BCUT2D eigenvalue weighted by atomic mass is 79.9. The second-order valence-corrected chi connectivity index (χ2v) is 5.66. The molecule has 0 radical (unpaired) electrons. The summed E-state index contributed by atoms with van der Waals surface area (Å²) in [4.78, 5) is 4.31. The Labute approximate surface area is 141 Å². The lowest BCUT2D eigenvalue weighted by Gasteiger charge is -2.08. The summed E-state index contributed by atoms with van der Waals surface area (Å²) in [6.07, 6.45) is 1.52. The van der Waals surface area contributed by atoms with E-state index in [9.17, 15) is 4.39 Å². The van der Waals surface area contributed by atoms with Crippen LogP contribution in [0.4, 0.5) is 21.8 Å². The van der Waals surface area contributed by atoms with Crippen LogP contribution >= 0.6 is 15.9 Å². The Hall–Kier alpha value is -2.54. The van der Waals surface area contributed by atoms with Crippen molar-refractivity contribution in [3.63, 3.8) is 0 Å². The molecule has 0 fully saturated rings. The van der Waals surface area contributed by atoms with Crippen molar-refractivity contribution in [2.75, 3.05) is 10.6 Å². The van der Waals surface area contributed by atoms with E-state index in [0.29, 0.717) is 17.3 Å². The van der Waals surface area contributed by atoms with Crippen LogP contribution in [0, 0.1) is 5.82 Å². The van der Waals surface area contributed by atoms with Gasteiger partial charge in [-0.2, -0.15) is 10.1 Å². The Morgan fingerprint density at radius 1 is 1.04 bits per heavy atom. The molecule has 0 amide bonds. The Morgan fingerprint density at radius 2 is 1.83 bits per heavy atom. The molecule has 0 aliphatic heterocycles. The zero-order valence-electron chi connectivity index (χ0n) is 12.0. The van der Waals surface area contributed by atoms with Gasteiger partial charge in [0.05, 0.1) is 6.20 Å². The van der Waals surface area contributed by atoms with Gasteiger partial charge >= 0.3 is 0 Å². The van der Waals surface area contributed by atoms with Gasteiger partial charge in [-0.05, 0) is 30.3 Å². The largest absolute Gasteiger partial charge is 0.349 e. The molecule has 0 aliphatic carbocycles. The average molecular weight is 374 g/mol. The van der Waals surface area contributed by atoms with Crippen LogP contribution in [0.3, 0.4) is 0 Å². The number of halogens is 2. The summed E-state index contributed by atoms with van der Waals surface area (Å²) < 4.78 is 14.6. The van der Waals surface area contributed by atoms with Crippen LogP contribution in [0.15, 0.2) is 59.2 Å². The van der Waals surface area contributed by atoms with Gasteiger partial charge in [-0.15, -0.1) is 5.10 Å². The summed E-state index contributed by atoms with van der Waals surface area (Å²) in [5.41, 5.74) is 1.43. The van der Waals surface area contributed by atoms with E-state index in [4.69, 9.17) is 0 Å². The molecule has 0 aliphatic rings. The van der Waals surface area contributed by atoms with Gasteiger partial charge in [-0.1, -0.05) is 34.1 Å². The Balaban J connectivity index is 1.67. The highest BCUT2D eigenvalue weighted by Crippen LogP contribution is 2.18. The van der Waals surface area contributed by atoms with Gasteiger partial charge < -0.3 is 10.6 Å². The molecule has 2 N–H and O–H groups in total. The Morgan fingerprint density at radius 3 is 2.61 bits per heavy atom. The van der Waals surface area contributed by atoms with Crippen LogP contribution in [0.1, 0.15) is 5.56 Å². The third-order valence-corrected chi connectivity index (χ3v) is 3.60. The quantitative estimate of drug-likeness (QED) is 0.703.